The van der Waals surface area contributed by atoms with Crippen molar-refractivity contribution in [1.29, 1.82) is 0 Å². The predicted octanol–water partition coefficient (Wildman–Crippen LogP) is 3.33. The maximum Gasteiger partial charge on any atom is 0.251 e. The van der Waals surface area contributed by atoms with E-state index < -0.39 is 0 Å². The van der Waals surface area contributed by atoms with Crippen LogP contribution in [-0.2, 0) is 0 Å². The number of hydrogen-bond acceptors (Lipinski definition) is 2. The number of carbonyl (C=O) groups excluding carboxylic acids is 1. The maximum atomic E-state index is 12.1. The molecule has 0 radical (unpaired) electrons. The highest BCUT2D eigenvalue weighted by molar-refractivity contribution is 6.33. The molecule has 1 aliphatic rings. The molecule has 1 aromatic rings. The summed E-state index contributed by atoms with van der Waals surface area (Å²) in [7, 11) is 0. The largest absolute Gasteiger partial charge is 0.398 e. The molecule has 1 fully saturated rings. The molecule has 0 aromatic heterocycles. The molecule has 2 rings (SSSR count). The first kappa shape index (κ1) is 14.2. The molecule has 19 heavy (non-hydrogen) atoms. The van der Waals surface area contributed by atoms with Gasteiger partial charge in [0.2, 0.25) is 0 Å². The topological polar surface area (TPSA) is 55.1 Å². The molecule has 3 nitrogen and oxygen atoms in total. The van der Waals surface area contributed by atoms with Crippen LogP contribution in [0.25, 0.3) is 0 Å². The van der Waals surface area contributed by atoms with E-state index in [1.54, 1.807) is 18.2 Å². The molecule has 0 unspecified atom stereocenters. The molecule has 0 aliphatic heterocycles. The summed E-state index contributed by atoms with van der Waals surface area (Å²) in [5, 5.41) is 3.45. The fraction of sp³-hybridized carbons (Fsp3) is 0.533. The number of amides is 1. The van der Waals surface area contributed by atoms with Gasteiger partial charge >= 0.3 is 0 Å². The molecule has 0 atom stereocenters. The Hall–Kier alpha value is -1.22. The minimum atomic E-state index is -0.0955. The number of anilines is 1. The number of nitrogens with two attached hydrogens (primary N) is 1. The van der Waals surface area contributed by atoms with Gasteiger partial charge in [-0.1, -0.05) is 39.3 Å². The van der Waals surface area contributed by atoms with E-state index in [4.69, 9.17) is 17.3 Å². The minimum absolute atomic E-state index is 0.0955. The number of rotatable bonds is 3. The number of hydrogen-bond donors (Lipinski definition) is 2. The number of nitrogen functional groups attached to an aromatic ring is 1. The summed E-state index contributed by atoms with van der Waals surface area (Å²) in [6.45, 7) is 9.66. The smallest absolute Gasteiger partial charge is 0.251 e. The van der Waals surface area contributed by atoms with E-state index >= 15 is 0 Å². The summed E-state index contributed by atoms with van der Waals surface area (Å²) in [5.41, 5.74) is 7.24. The summed E-state index contributed by atoms with van der Waals surface area (Å²) in [4.78, 5) is 12.1. The van der Waals surface area contributed by atoms with Gasteiger partial charge in [-0.3, -0.25) is 4.79 Å². The zero-order chi connectivity index (χ0) is 14.4. The van der Waals surface area contributed by atoms with Crippen molar-refractivity contribution in [2.75, 3.05) is 12.3 Å². The van der Waals surface area contributed by atoms with Crippen molar-refractivity contribution >= 4 is 23.2 Å². The van der Waals surface area contributed by atoms with Crippen LogP contribution in [0.2, 0.25) is 5.02 Å². The van der Waals surface area contributed by atoms with Crippen LogP contribution in [0.1, 0.15) is 38.1 Å². The third-order valence-corrected chi connectivity index (χ3v) is 5.39. The van der Waals surface area contributed by atoms with E-state index in [0.717, 1.165) is 0 Å². The third-order valence-electron chi connectivity index (χ3n) is 5.04. The van der Waals surface area contributed by atoms with Crippen molar-refractivity contribution in [2.24, 2.45) is 16.7 Å². The van der Waals surface area contributed by atoms with Gasteiger partial charge < -0.3 is 11.1 Å². The molecule has 1 aliphatic carbocycles. The van der Waals surface area contributed by atoms with Gasteiger partial charge in [-0.05, 0) is 34.9 Å². The number of benzene rings is 1. The molecule has 104 valence electrons. The number of carbonyl (C=O) groups is 1. The highest BCUT2D eigenvalue weighted by Crippen LogP contribution is 2.67. The zero-order valence-corrected chi connectivity index (χ0v) is 12.6. The highest BCUT2D eigenvalue weighted by atomic mass is 35.5. The number of nitrogens with one attached hydrogen (secondary N) is 1. The Morgan fingerprint density at radius 1 is 1.32 bits per heavy atom. The van der Waals surface area contributed by atoms with Gasteiger partial charge in [0.05, 0.1) is 10.7 Å². The van der Waals surface area contributed by atoms with Crippen molar-refractivity contribution < 1.29 is 4.79 Å². The first-order valence-electron chi connectivity index (χ1n) is 6.51. The quantitative estimate of drug-likeness (QED) is 0.835. The van der Waals surface area contributed by atoms with Gasteiger partial charge in [-0.25, -0.2) is 0 Å². The molecule has 0 saturated heterocycles. The van der Waals surface area contributed by atoms with Crippen LogP contribution in [0.4, 0.5) is 5.69 Å². The molecule has 4 heteroatoms. The lowest BCUT2D eigenvalue weighted by Gasteiger charge is -2.07. The van der Waals surface area contributed by atoms with Crippen molar-refractivity contribution in [3.8, 4) is 0 Å². The predicted molar refractivity (Wildman–Crippen MR) is 79.2 cm³/mol. The lowest BCUT2D eigenvalue weighted by Crippen LogP contribution is -2.27. The van der Waals surface area contributed by atoms with Gasteiger partial charge in [0.25, 0.3) is 5.91 Å². The first-order valence-corrected chi connectivity index (χ1v) is 6.89. The molecular weight excluding hydrogens is 260 g/mol. The summed E-state index contributed by atoms with van der Waals surface area (Å²) in [6, 6.07) is 4.95. The summed E-state index contributed by atoms with van der Waals surface area (Å²) >= 11 is 5.84. The standard InChI is InChI=1S/C15H21ClN2O/c1-14(2)12(15(14,3)4)8-18-13(19)9-5-6-10(16)11(17)7-9/h5-7,12H,8,17H2,1-4H3,(H,18,19). The Morgan fingerprint density at radius 2 is 1.89 bits per heavy atom. The van der Waals surface area contributed by atoms with Crippen LogP contribution >= 0.6 is 11.6 Å². The lowest BCUT2D eigenvalue weighted by molar-refractivity contribution is 0.0950. The second kappa shape index (κ2) is 4.41. The van der Waals surface area contributed by atoms with Crippen LogP contribution in [-0.4, -0.2) is 12.5 Å². The van der Waals surface area contributed by atoms with Crippen molar-refractivity contribution in [3.63, 3.8) is 0 Å². The summed E-state index contributed by atoms with van der Waals surface area (Å²) < 4.78 is 0. The Balaban J connectivity index is 1.98. The highest BCUT2D eigenvalue weighted by Gasteiger charge is 2.64. The molecule has 0 bridgehead atoms. The third kappa shape index (κ3) is 2.32. The Labute approximate surface area is 119 Å². The fourth-order valence-corrected chi connectivity index (χ4v) is 2.94. The summed E-state index contributed by atoms with van der Waals surface area (Å²) in [6.07, 6.45) is 0. The zero-order valence-electron chi connectivity index (χ0n) is 11.9. The molecule has 1 amide bonds. The molecule has 3 N–H and O–H groups in total. The molecule has 0 heterocycles. The van der Waals surface area contributed by atoms with Gasteiger partial charge in [-0.15, -0.1) is 0 Å². The van der Waals surface area contributed by atoms with Gasteiger partial charge in [0.1, 0.15) is 0 Å². The normalized spacial score (nSPS) is 20.1. The maximum absolute atomic E-state index is 12.1. The Bertz CT molecular complexity index is 509. The molecule has 1 aromatic carbocycles. The van der Waals surface area contributed by atoms with Crippen LogP contribution in [0.15, 0.2) is 18.2 Å². The molecular formula is C15H21ClN2O. The van der Waals surface area contributed by atoms with Crippen LogP contribution < -0.4 is 11.1 Å². The van der Waals surface area contributed by atoms with Gasteiger partial charge in [0.15, 0.2) is 0 Å². The fourth-order valence-electron chi connectivity index (χ4n) is 2.83. The SMILES string of the molecule is CC1(C)C(CNC(=O)c2ccc(Cl)c(N)c2)C1(C)C. The van der Waals surface area contributed by atoms with Crippen LogP contribution in [0.3, 0.4) is 0 Å². The first-order chi connectivity index (χ1) is 8.68. The molecule has 0 spiro atoms. The van der Waals surface area contributed by atoms with Crippen molar-refractivity contribution in [2.45, 2.75) is 27.7 Å². The van der Waals surface area contributed by atoms with E-state index in [9.17, 15) is 4.79 Å². The molecule has 1 saturated carbocycles. The summed E-state index contributed by atoms with van der Waals surface area (Å²) in [5.74, 6) is 0.412. The van der Waals surface area contributed by atoms with Gasteiger partial charge in [0, 0.05) is 12.1 Å². The lowest BCUT2D eigenvalue weighted by atomic mass is 10.0. The number of halogens is 1. The monoisotopic (exact) mass is 280 g/mol. The second-order valence-corrected chi connectivity index (χ2v) is 6.85. The van der Waals surface area contributed by atoms with Gasteiger partial charge in [-0.2, -0.15) is 0 Å². The Morgan fingerprint density at radius 3 is 2.37 bits per heavy atom. The van der Waals surface area contributed by atoms with Crippen molar-refractivity contribution in [3.05, 3.63) is 28.8 Å². The van der Waals surface area contributed by atoms with E-state index in [-0.39, 0.29) is 16.7 Å². The average molecular weight is 281 g/mol. The van der Waals surface area contributed by atoms with Crippen LogP contribution in [0, 0.1) is 16.7 Å². The second-order valence-electron chi connectivity index (χ2n) is 6.44. The van der Waals surface area contributed by atoms with E-state index in [1.165, 1.54) is 0 Å². The Kier molecular flexibility index (Phi) is 3.29. The van der Waals surface area contributed by atoms with E-state index in [0.29, 0.717) is 28.7 Å². The van der Waals surface area contributed by atoms with Crippen molar-refractivity contribution in [1.82, 2.24) is 5.32 Å². The average Bonchev–Trinajstić information content (AvgIpc) is 2.70. The van der Waals surface area contributed by atoms with E-state index in [1.807, 2.05) is 0 Å². The minimum Gasteiger partial charge on any atom is -0.398 e. The van der Waals surface area contributed by atoms with Crippen LogP contribution in [0.5, 0.6) is 0 Å². The van der Waals surface area contributed by atoms with E-state index in [2.05, 4.69) is 33.0 Å².